The molecule has 0 heterocycles. The van der Waals surface area contributed by atoms with Crippen LogP contribution < -0.4 is 19.1 Å². The first kappa shape index (κ1) is 32.9. The minimum Gasteiger partial charge on any atom is -0.493 e. The van der Waals surface area contributed by atoms with Gasteiger partial charge in [-0.1, -0.05) is 52.7 Å². The molecular formula is C31H38BrN3O6S. The van der Waals surface area contributed by atoms with Gasteiger partial charge in [-0.2, -0.15) is 0 Å². The number of sulfonamides is 1. The second-order valence-corrected chi connectivity index (χ2v) is 12.8. The van der Waals surface area contributed by atoms with Crippen LogP contribution in [0.5, 0.6) is 11.5 Å². The molecule has 0 saturated carbocycles. The summed E-state index contributed by atoms with van der Waals surface area (Å²) in [6.07, 6.45) is 0.726. The summed E-state index contributed by atoms with van der Waals surface area (Å²) in [6, 6.07) is 17.6. The molecule has 0 bridgehead atoms. The highest BCUT2D eigenvalue weighted by molar-refractivity contribution is 9.10. The van der Waals surface area contributed by atoms with Crippen LogP contribution >= 0.6 is 15.9 Å². The highest BCUT2D eigenvalue weighted by atomic mass is 79.9. The molecule has 3 aromatic rings. The zero-order valence-corrected chi connectivity index (χ0v) is 27.2. The van der Waals surface area contributed by atoms with Gasteiger partial charge in [0.2, 0.25) is 11.8 Å². The minimum atomic E-state index is -4.26. The van der Waals surface area contributed by atoms with Gasteiger partial charge in [0.15, 0.2) is 11.5 Å². The molecule has 0 aliphatic carbocycles. The molecule has 2 amide bonds. The first-order valence-corrected chi connectivity index (χ1v) is 15.8. The molecule has 11 heteroatoms. The van der Waals surface area contributed by atoms with Crippen LogP contribution in [0.15, 0.2) is 76.1 Å². The summed E-state index contributed by atoms with van der Waals surface area (Å²) in [4.78, 5) is 28.6. The van der Waals surface area contributed by atoms with Crippen LogP contribution in [-0.2, 0) is 26.2 Å². The molecule has 226 valence electrons. The maximum atomic E-state index is 14.1. The zero-order chi connectivity index (χ0) is 31.0. The third-order valence-corrected chi connectivity index (χ3v) is 9.28. The number of hydrogen-bond donors (Lipinski definition) is 1. The molecule has 0 aromatic heterocycles. The first-order valence-electron chi connectivity index (χ1n) is 13.6. The summed E-state index contributed by atoms with van der Waals surface area (Å²) in [5.41, 5.74) is 2.03. The summed E-state index contributed by atoms with van der Waals surface area (Å²) in [7, 11) is -1.38. The third-order valence-electron chi connectivity index (χ3n) is 6.98. The first-order chi connectivity index (χ1) is 19.9. The molecule has 2 atom stereocenters. The fourth-order valence-electron chi connectivity index (χ4n) is 4.18. The molecule has 0 fully saturated rings. The summed E-state index contributed by atoms with van der Waals surface area (Å²) in [5.74, 6) is -0.244. The van der Waals surface area contributed by atoms with Crippen molar-refractivity contribution in [1.29, 1.82) is 0 Å². The van der Waals surface area contributed by atoms with Crippen molar-refractivity contribution in [3.05, 3.63) is 82.3 Å². The highest BCUT2D eigenvalue weighted by Gasteiger charge is 2.33. The van der Waals surface area contributed by atoms with Crippen molar-refractivity contribution in [2.24, 2.45) is 0 Å². The fourth-order valence-corrected chi connectivity index (χ4v) is 5.87. The van der Waals surface area contributed by atoms with Crippen molar-refractivity contribution >= 4 is 43.5 Å². The molecule has 0 spiro atoms. The van der Waals surface area contributed by atoms with Gasteiger partial charge in [0, 0.05) is 23.1 Å². The van der Waals surface area contributed by atoms with E-state index in [0.29, 0.717) is 11.4 Å². The van der Waals surface area contributed by atoms with E-state index < -0.39 is 28.5 Å². The van der Waals surface area contributed by atoms with E-state index in [-0.39, 0.29) is 29.1 Å². The summed E-state index contributed by atoms with van der Waals surface area (Å²) >= 11 is 3.42. The monoisotopic (exact) mass is 659 g/mol. The molecule has 0 radical (unpaired) electrons. The molecule has 1 N–H and O–H groups in total. The summed E-state index contributed by atoms with van der Waals surface area (Å²) < 4.78 is 40.7. The number of ether oxygens (including phenoxy) is 2. The topological polar surface area (TPSA) is 105 Å². The second-order valence-electron chi connectivity index (χ2n) is 10.0. The van der Waals surface area contributed by atoms with Crippen LogP contribution in [0.3, 0.4) is 0 Å². The van der Waals surface area contributed by atoms with E-state index in [1.54, 1.807) is 31.2 Å². The number of aryl methyl sites for hydroxylation is 1. The van der Waals surface area contributed by atoms with E-state index >= 15 is 0 Å². The standard InChI is InChI=1S/C31H38BrN3O6S/c1-7-22(3)33-31(37)23(4)34(19-24-10-12-25(32)13-11-24)30(36)20-35(26-14-8-21(2)9-15-26)42(38,39)27-16-17-28(40-5)29(18-27)41-6/h8-18,22-23H,7,19-20H2,1-6H3,(H,33,37)/t22-,23-/m0/s1. The molecule has 3 aromatic carbocycles. The number of anilines is 1. The van der Waals surface area contributed by atoms with E-state index in [9.17, 15) is 18.0 Å². The van der Waals surface area contributed by atoms with Gasteiger partial charge in [0.05, 0.1) is 24.8 Å². The van der Waals surface area contributed by atoms with Crippen molar-refractivity contribution in [3.63, 3.8) is 0 Å². The number of halogens is 1. The van der Waals surface area contributed by atoms with E-state index in [1.807, 2.05) is 45.0 Å². The Balaban J connectivity index is 2.06. The average molecular weight is 661 g/mol. The predicted molar refractivity (Wildman–Crippen MR) is 167 cm³/mol. The lowest BCUT2D eigenvalue weighted by Crippen LogP contribution is -2.52. The number of benzene rings is 3. The largest absolute Gasteiger partial charge is 0.493 e. The summed E-state index contributed by atoms with van der Waals surface area (Å²) in [5, 5.41) is 2.93. The average Bonchev–Trinajstić information content (AvgIpc) is 2.98. The van der Waals surface area contributed by atoms with E-state index in [1.165, 1.54) is 37.3 Å². The van der Waals surface area contributed by atoms with Crippen molar-refractivity contribution in [2.75, 3.05) is 25.1 Å². The van der Waals surface area contributed by atoms with Crippen LogP contribution in [0.2, 0.25) is 0 Å². The fraction of sp³-hybridized carbons (Fsp3) is 0.355. The molecule has 3 rings (SSSR count). The maximum Gasteiger partial charge on any atom is 0.264 e. The number of nitrogens with one attached hydrogen (secondary N) is 1. The Bertz CT molecular complexity index is 1480. The Morgan fingerprint density at radius 2 is 1.55 bits per heavy atom. The van der Waals surface area contributed by atoms with Gasteiger partial charge in [-0.15, -0.1) is 0 Å². The Labute approximate surface area is 257 Å². The summed E-state index contributed by atoms with van der Waals surface area (Å²) in [6.45, 7) is 6.96. The van der Waals surface area contributed by atoms with Crippen LogP contribution in [0, 0.1) is 6.92 Å². The lowest BCUT2D eigenvalue weighted by Gasteiger charge is -2.32. The quantitative estimate of drug-likeness (QED) is 0.267. The number of rotatable bonds is 13. The van der Waals surface area contributed by atoms with Crippen molar-refractivity contribution in [1.82, 2.24) is 10.2 Å². The van der Waals surface area contributed by atoms with Crippen LogP contribution in [0.1, 0.15) is 38.3 Å². The van der Waals surface area contributed by atoms with Crippen molar-refractivity contribution in [3.8, 4) is 11.5 Å². The Morgan fingerprint density at radius 1 is 0.929 bits per heavy atom. The minimum absolute atomic E-state index is 0.0736. The number of carbonyl (C=O) groups excluding carboxylic acids is 2. The van der Waals surface area contributed by atoms with Gasteiger partial charge in [0.25, 0.3) is 10.0 Å². The lowest BCUT2D eigenvalue weighted by atomic mass is 10.1. The van der Waals surface area contributed by atoms with Crippen molar-refractivity contribution in [2.45, 2.75) is 57.6 Å². The van der Waals surface area contributed by atoms with Gasteiger partial charge >= 0.3 is 0 Å². The number of carbonyl (C=O) groups is 2. The second kappa shape index (κ2) is 14.6. The Morgan fingerprint density at radius 3 is 2.12 bits per heavy atom. The normalized spacial score (nSPS) is 12.6. The number of amides is 2. The van der Waals surface area contributed by atoms with Gasteiger partial charge < -0.3 is 19.7 Å². The van der Waals surface area contributed by atoms with E-state index in [2.05, 4.69) is 21.2 Å². The molecule has 9 nitrogen and oxygen atoms in total. The molecule has 0 aliphatic rings. The van der Waals surface area contributed by atoms with E-state index in [4.69, 9.17) is 9.47 Å². The molecule has 0 aliphatic heterocycles. The van der Waals surface area contributed by atoms with Crippen LogP contribution in [-0.4, -0.2) is 58.0 Å². The Hall–Kier alpha value is -3.57. The highest BCUT2D eigenvalue weighted by Crippen LogP contribution is 2.32. The maximum absolute atomic E-state index is 14.1. The van der Waals surface area contributed by atoms with Gasteiger partial charge in [-0.3, -0.25) is 13.9 Å². The zero-order valence-electron chi connectivity index (χ0n) is 24.8. The van der Waals surface area contributed by atoms with Gasteiger partial charge in [0.1, 0.15) is 12.6 Å². The lowest BCUT2D eigenvalue weighted by molar-refractivity contribution is -0.139. The number of nitrogens with zero attached hydrogens (tertiary/aromatic N) is 2. The Kier molecular flexibility index (Phi) is 11.4. The molecule has 0 saturated heterocycles. The van der Waals surface area contributed by atoms with Crippen LogP contribution in [0.4, 0.5) is 5.69 Å². The third kappa shape index (κ3) is 8.04. The van der Waals surface area contributed by atoms with Crippen LogP contribution in [0.25, 0.3) is 0 Å². The number of hydrogen-bond acceptors (Lipinski definition) is 6. The molecule has 42 heavy (non-hydrogen) atoms. The van der Waals surface area contributed by atoms with Crippen molar-refractivity contribution < 1.29 is 27.5 Å². The predicted octanol–water partition coefficient (Wildman–Crippen LogP) is 5.30. The van der Waals surface area contributed by atoms with E-state index in [0.717, 1.165) is 26.3 Å². The van der Waals surface area contributed by atoms with Gasteiger partial charge in [-0.25, -0.2) is 8.42 Å². The van der Waals surface area contributed by atoms with Gasteiger partial charge in [-0.05, 0) is 69.2 Å². The smallest absolute Gasteiger partial charge is 0.264 e. The molecular weight excluding hydrogens is 622 g/mol. The SMILES string of the molecule is CC[C@H](C)NC(=O)[C@H](C)N(Cc1ccc(Br)cc1)C(=O)CN(c1ccc(C)cc1)S(=O)(=O)c1ccc(OC)c(OC)c1. The number of methoxy groups -OCH3 is 2. The molecule has 0 unspecified atom stereocenters.